The minimum atomic E-state index is -0.0771. The summed E-state index contributed by atoms with van der Waals surface area (Å²) in [5.74, 6) is -0.0771. The second-order valence-electron chi connectivity index (χ2n) is 8.96. The van der Waals surface area contributed by atoms with Gasteiger partial charge in [-0.2, -0.15) is 5.10 Å². The van der Waals surface area contributed by atoms with E-state index < -0.39 is 0 Å². The largest absolute Gasteiger partial charge is 0.367 e. The predicted molar refractivity (Wildman–Crippen MR) is 130 cm³/mol. The number of aryl methyl sites for hydroxylation is 2. The van der Waals surface area contributed by atoms with Gasteiger partial charge >= 0.3 is 0 Å². The molecule has 170 valence electrons. The number of nitrogens with zero attached hydrogens (tertiary/aromatic N) is 6. The van der Waals surface area contributed by atoms with E-state index in [0.29, 0.717) is 6.04 Å². The number of allylic oxidation sites excluding steroid dienone is 6. The van der Waals surface area contributed by atoms with Crippen LogP contribution in [0.2, 0.25) is 0 Å². The molecular formula is C26H30N6O. The normalized spacial score (nSPS) is 25.6. The number of fused-ring (bicyclic) bond motifs is 2. The van der Waals surface area contributed by atoms with Crippen LogP contribution >= 0.6 is 0 Å². The number of carbonyl (C=O) groups is 1. The van der Waals surface area contributed by atoms with Gasteiger partial charge in [0.25, 0.3) is 5.91 Å². The van der Waals surface area contributed by atoms with Crippen LogP contribution in [-0.2, 0) is 11.2 Å². The SMILES string of the molecule is CCc1nc(C)cn2nc(C3=C\C(=O)N4C=C(N5CCN(C)[C@H](C)C5)C=C\C4=C/C=C/3)cc12. The number of piperazine rings is 1. The summed E-state index contributed by atoms with van der Waals surface area (Å²) in [6, 6.07) is 2.49. The zero-order valence-electron chi connectivity index (χ0n) is 19.7. The van der Waals surface area contributed by atoms with Crippen molar-refractivity contribution in [3.05, 3.63) is 83.4 Å². The molecule has 2 aromatic rings. The van der Waals surface area contributed by atoms with Crippen molar-refractivity contribution >= 4 is 17.0 Å². The Bertz CT molecular complexity index is 1260. The summed E-state index contributed by atoms with van der Waals surface area (Å²) in [7, 11) is 2.16. The highest BCUT2D eigenvalue weighted by Crippen LogP contribution is 2.26. The van der Waals surface area contributed by atoms with E-state index in [1.807, 2.05) is 54.2 Å². The Morgan fingerprint density at radius 2 is 1.97 bits per heavy atom. The number of hydrogen-bond acceptors (Lipinski definition) is 5. The second-order valence-corrected chi connectivity index (χ2v) is 8.96. The highest BCUT2D eigenvalue weighted by Gasteiger charge is 2.25. The fraction of sp³-hybridized carbons (Fsp3) is 0.346. The van der Waals surface area contributed by atoms with E-state index in [2.05, 4.69) is 41.8 Å². The van der Waals surface area contributed by atoms with Crippen molar-refractivity contribution in [2.45, 2.75) is 33.2 Å². The van der Waals surface area contributed by atoms with Crippen molar-refractivity contribution < 1.29 is 4.79 Å². The molecule has 1 fully saturated rings. The third-order valence-electron chi connectivity index (χ3n) is 6.63. The molecular weight excluding hydrogens is 412 g/mol. The molecule has 0 aliphatic carbocycles. The molecule has 0 saturated carbocycles. The van der Waals surface area contributed by atoms with Crippen molar-refractivity contribution in [1.29, 1.82) is 0 Å². The summed E-state index contributed by atoms with van der Waals surface area (Å²) in [5, 5.41) is 4.74. The van der Waals surface area contributed by atoms with Gasteiger partial charge in [0.15, 0.2) is 0 Å². The summed E-state index contributed by atoms with van der Waals surface area (Å²) in [6.07, 6.45) is 16.4. The summed E-state index contributed by atoms with van der Waals surface area (Å²) < 4.78 is 1.87. The molecule has 5 rings (SSSR count). The Morgan fingerprint density at radius 1 is 1.15 bits per heavy atom. The molecule has 1 saturated heterocycles. The minimum absolute atomic E-state index is 0.0771. The first kappa shape index (κ1) is 21.4. The molecule has 0 aromatic carbocycles. The minimum Gasteiger partial charge on any atom is -0.367 e. The van der Waals surface area contributed by atoms with Gasteiger partial charge in [-0.25, -0.2) is 4.52 Å². The van der Waals surface area contributed by atoms with Crippen LogP contribution < -0.4 is 0 Å². The first-order valence-electron chi connectivity index (χ1n) is 11.6. The van der Waals surface area contributed by atoms with Gasteiger partial charge in [0.1, 0.15) is 0 Å². The summed E-state index contributed by atoms with van der Waals surface area (Å²) >= 11 is 0. The van der Waals surface area contributed by atoms with Gasteiger partial charge in [0.05, 0.1) is 34.5 Å². The lowest BCUT2D eigenvalue weighted by Crippen LogP contribution is -2.49. The molecule has 7 heteroatoms. The molecule has 2 aromatic heterocycles. The zero-order valence-corrected chi connectivity index (χ0v) is 19.7. The van der Waals surface area contributed by atoms with Gasteiger partial charge in [0, 0.05) is 49.2 Å². The molecule has 5 heterocycles. The third kappa shape index (κ3) is 4.04. The molecule has 7 nitrogen and oxygen atoms in total. The van der Waals surface area contributed by atoms with Crippen LogP contribution in [0.4, 0.5) is 0 Å². The van der Waals surface area contributed by atoms with Gasteiger partial charge in [0.2, 0.25) is 0 Å². The average molecular weight is 443 g/mol. The Kier molecular flexibility index (Phi) is 5.50. The van der Waals surface area contributed by atoms with E-state index >= 15 is 0 Å². The van der Waals surface area contributed by atoms with Crippen molar-refractivity contribution in [1.82, 2.24) is 29.3 Å². The Hall–Kier alpha value is -3.45. The quantitative estimate of drug-likeness (QED) is 0.730. The first-order valence-corrected chi connectivity index (χ1v) is 11.6. The van der Waals surface area contributed by atoms with Crippen molar-refractivity contribution in [2.75, 3.05) is 26.7 Å². The van der Waals surface area contributed by atoms with Crippen LogP contribution in [0.15, 0.2) is 66.3 Å². The van der Waals surface area contributed by atoms with Crippen LogP contribution in [0.3, 0.4) is 0 Å². The van der Waals surface area contributed by atoms with Gasteiger partial charge in [-0.05, 0) is 51.6 Å². The van der Waals surface area contributed by atoms with Crippen LogP contribution in [0.1, 0.15) is 30.9 Å². The number of carbonyl (C=O) groups excluding carboxylic acids is 1. The first-order chi connectivity index (χ1) is 15.9. The average Bonchev–Trinajstić information content (AvgIpc) is 3.22. The van der Waals surface area contributed by atoms with Crippen LogP contribution in [0.5, 0.6) is 0 Å². The maximum atomic E-state index is 13.3. The monoisotopic (exact) mass is 442 g/mol. The second kappa shape index (κ2) is 8.48. The van der Waals surface area contributed by atoms with Crippen molar-refractivity contribution in [2.24, 2.45) is 0 Å². The number of hydrogen-bond donors (Lipinski definition) is 0. The Labute approximate surface area is 194 Å². The van der Waals surface area contributed by atoms with Crippen LogP contribution in [-0.4, -0.2) is 67.9 Å². The summed E-state index contributed by atoms with van der Waals surface area (Å²) in [4.78, 5) is 24.4. The van der Waals surface area contributed by atoms with Gasteiger partial charge < -0.3 is 9.80 Å². The van der Waals surface area contributed by atoms with Crippen LogP contribution in [0.25, 0.3) is 11.1 Å². The molecule has 1 atom stereocenters. The van der Waals surface area contributed by atoms with Gasteiger partial charge in [-0.15, -0.1) is 0 Å². The molecule has 0 bridgehead atoms. The van der Waals surface area contributed by atoms with Gasteiger partial charge in [-0.1, -0.05) is 19.1 Å². The topological polar surface area (TPSA) is 57.0 Å². The number of rotatable bonds is 3. The standard InChI is InChI=1S/C26H30N6O/c1-5-23-25-14-24(28-32(25)15-18(2)27-23)20-7-6-8-21-9-10-22(17-31(21)26(33)13-20)30-12-11-29(4)19(3)16-30/h6-10,13-15,17,19H,5,11-12,16H2,1-4H3/b7-6+,20-13+,21-8+/t19-/m1/s1. The van der Waals surface area contributed by atoms with E-state index in [1.165, 1.54) is 0 Å². The number of amides is 1. The van der Waals surface area contributed by atoms with Crippen molar-refractivity contribution in [3.8, 4) is 0 Å². The smallest absolute Gasteiger partial charge is 0.255 e. The van der Waals surface area contributed by atoms with E-state index in [4.69, 9.17) is 5.10 Å². The Morgan fingerprint density at radius 3 is 2.76 bits per heavy atom. The fourth-order valence-corrected chi connectivity index (χ4v) is 4.54. The molecule has 0 spiro atoms. The Balaban J connectivity index is 1.47. The lowest BCUT2D eigenvalue weighted by molar-refractivity contribution is -0.122. The lowest BCUT2D eigenvalue weighted by Gasteiger charge is -2.40. The zero-order chi connectivity index (χ0) is 23.1. The molecule has 3 aliphatic heterocycles. The maximum absolute atomic E-state index is 13.3. The number of likely N-dealkylation sites (N-methyl/N-ethyl adjacent to an activating group) is 1. The van der Waals surface area contributed by atoms with E-state index in [-0.39, 0.29) is 5.91 Å². The molecule has 0 N–H and O–H groups in total. The molecule has 0 unspecified atom stereocenters. The summed E-state index contributed by atoms with van der Waals surface area (Å²) in [6.45, 7) is 9.21. The highest BCUT2D eigenvalue weighted by molar-refractivity contribution is 5.99. The lowest BCUT2D eigenvalue weighted by atomic mass is 10.1. The van der Waals surface area contributed by atoms with Crippen molar-refractivity contribution in [3.63, 3.8) is 0 Å². The van der Waals surface area contributed by atoms with E-state index in [9.17, 15) is 4.79 Å². The molecule has 33 heavy (non-hydrogen) atoms. The summed E-state index contributed by atoms with van der Waals surface area (Å²) in [5.41, 5.74) is 6.40. The molecule has 0 radical (unpaired) electrons. The van der Waals surface area contributed by atoms with E-state index in [0.717, 1.165) is 65.6 Å². The van der Waals surface area contributed by atoms with Gasteiger partial charge in [-0.3, -0.25) is 14.7 Å². The maximum Gasteiger partial charge on any atom is 0.255 e. The number of aromatic nitrogens is 3. The highest BCUT2D eigenvalue weighted by atomic mass is 16.2. The fourth-order valence-electron chi connectivity index (χ4n) is 4.54. The molecule has 3 aliphatic rings. The molecule has 1 amide bonds. The van der Waals surface area contributed by atoms with Crippen LogP contribution in [0, 0.1) is 6.92 Å². The predicted octanol–water partition coefficient (Wildman–Crippen LogP) is 3.31. The third-order valence-corrected chi connectivity index (χ3v) is 6.63. The van der Waals surface area contributed by atoms with E-state index in [1.54, 1.807) is 11.0 Å².